The fraction of sp³-hybridized carbons (Fsp3) is 0.111. The summed E-state index contributed by atoms with van der Waals surface area (Å²) in [6.45, 7) is 2.51. The van der Waals surface area contributed by atoms with Gasteiger partial charge in [-0.1, -0.05) is 41.4 Å². The third-order valence-electron chi connectivity index (χ3n) is 3.81. The lowest BCUT2D eigenvalue weighted by molar-refractivity contribution is -0.116. The molecule has 3 N–H and O–H groups in total. The van der Waals surface area contributed by atoms with Gasteiger partial charge in [0, 0.05) is 21.5 Å². The quantitative estimate of drug-likeness (QED) is 0.316. The predicted octanol–water partition coefficient (Wildman–Crippen LogP) is 3.70. The second kappa shape index (κ2) is 7.27. The van der Waals surface area contributed by atoms with Gasteiger partial charge in [0.2, 0.25) is 0 Å². The Morgan fingerprint density at radius 1 is 1.28 bits per heavy atom. The summed E-state index contributed by atoms with van der Waals surface area (Å²) in [6, 6.07) is 11.4. The van der Waals surface area contributed by atoms with Gasteiger partial charge in [0.05, 0.1) is 17.8 Å². The Kier molecular flexibility index (Phi) is 5.08. The van der Waals surface area contributed by atoms with Crippen molar-refractivity contribution in [3.63, 3.8) is 0 Å². The number of aromatic nitrogens is 2. The number of rotatable bonds is 4. The van der Waals surface area contributed by atoms with Crippen LogP contribution in [0.4, 0.5) is 0 Å². The minimum absolute atomic E-state index is 0.393. The summed E-state index contributed by atoms with van der Waals surface area (Å²) >= 11 is 12.2. The number of benzene rings is 2. The molecule has 3 aromatic rings. The van der Waals surface area contributed by atoms with Crippen LogP contribution in [0.1, 0.15) is 16.8 Å². The van der Waals surface area contributed by atoms with Crippen LogP contribution in [0.25, 0.3) is 17.0 Å². The van der Waals surface area contributed by atoms with E-state index < -0.39 is 5.91 Å². The van der Waals surface area contributed by atoms with Gasteiger partial charge in [0.25, 0.3) is 5.91 Å². The fourth-order valence-electron chi connectivity index (χ4n) is 2.57. The molecule has 128 valence electrons. The zero-order chi connectivity index (χ0) is 18.0. The van der Waals surface area contributed by atoms with Crippen molar-refractivity contribution in [1.82, 2.24) is 15.2 Å². The molecule has 2 aromatic carbocycles. The van der Waals surface area contributed by atoms with Gasteiger partial charge >= 0.3 is 0 Å². The molecular formula is C18H16Cl2N4O. The number of hydrazine groups is 1. The predicted molar refractivity (Wildman–Crippen MR) is 101 cm³/mol. The van der Waals surface area contributed by atoms with Gasteiger partial charge < -0.3 is 0 Å². The summed E-state index contributed by atoms with van der Waals surface area (Å²) < 4.78 is 1.86. The Balaban J connectivity index is 2.06. The Labute approximate surface area is 155 Å². The molecule has 0 aliphatic heterocycles. The van der Waals surface area contributed by atoms with Gasteiger partial charge in [-0.2, -0.15) is 5.10 Å². The van der Waals surface area contributed by atoms with Crippen molar-refractivity contribution >= 4 is 46.1 Å². The lowest BCUT2D eigenvalue weighted by Gasteiger charge is -2.07. The zero-order valence-corrected chi connectivity index (χ0v) is 15.0. The molecule has 0 radical (unpaired) electrons. The lowest BCUT2D eigenvalue weighted by atomic mass is 10.1. The van der Waals surface area contributed by atoms with Crippen molar-refractivity contribution in [2.24, 2.45) is 5.84 Å². The first-order valence-electron chi connectivity index (χ1n) is 7.57. The molecule has 1 heterocycles. The molecule has 0 unspecified atom stereocenters. The van der Waals surface area contributed by atoms with Gasteiger partial charge in [0.1, 0.15) is 0 Å². The van der Waals surface area contributed by atoms with E-state index in [2.05, 4.69) is 10.5 Å². The highest BCUT2D eigenvalue weighted by Crippen LogP contribution is 2.25. The van der Waals surface area contributed by atoms with E-state index in [4.69, 9.17) is 29.0 Å². The van der Waals surface area contributed by atoms with Crippen LogP contribution in [-0.4, -0.2) is 15.7 Å². The SMILES string of the molecule is Cc1ccc2c(/C=C/C(=O)NN)nn(Cc3ccc(Cl)cc3Cl)c2c1. The molecule has 0 aliphatic carbocycles. The molecule has 0 saturated heterocycles. The van der Waals surface area contributed by atoms with E-state index in [0.717, 1.165) is 22.0 Å². The van der Waals surface area contributed by atoms with Crippen LogP contribution < -0.4 is 11.3 Å². The number of hydrogen-bond donors (Lipinski definition) is 2. The van der Waals surface area contributed by atoms with Gasteiger partial charge in [-0.3, -0.25) is 14.9 Å². The molecule has 1 aromatic heterocycles. The van der Waals surface area contributed by atoms with Gasteiger partial charge in [-0.25, -0.2) is 5.84 Å². The minimum Gasteiger partial charge on any atom is -0.291 e. The van der Waals surface area contributed by atoms with E-state index in [9.17, 15) is 4.79 Å². The van der Waals surface area contributed by atoms with Gasteiger partial charge in [0.15, 0.2) is 0 Å². The van der Waals surface area contributed by atoms with Crippen LogP contribution in [0.3, 0.4) is 0 Å². The first-order chi connectivity index (χ1) is 12.0. The molecule has 0 spiro atoms. The van der Waals surface area contributed by atoms with E-state index in [1.165, 1.54) is 6.08 Å². The molecule has 7 heteroatoms. The highest BCUT2D eigenvalue weighted by atomic mass is 35.5. The summed E-state index contributed by atoms with van der Waals surface area (Å²) in [5.41, 5.74) is 5.73. The molecular weight excluding hydrogens is 359 g/mol. The summed E-state index contributed by atoms with van der Waals surface area (Å²) in [5.74, 6) is 4.71. The molecule has 0 fully saturated rings. The highest BCUT2D eigenvalue weighted by molar-refractivity contribution is 6.35. The number of hydrogen-bond acceptors (Lipinski definition) is 3. The molecule has 3 rings (SSSR count). The van der Waals surface area contributed by atoms with Crippen molar-refractivity contribution in [3.05, 3.63) is 69.3 Å². The largest absolute Gasteiger partial charge is 0.291 e. The summed E-state index contributed by atoms with van der Waals surface area (Å²) in [6.07, 6.45) is 2.99. The number of halogens is 2. The van der Waals surface area contributed by atoms with E-state index >= 15 is 0 Å². The van der Waals surface area contributed by atoms with Crippen LogP contribution >= 0.6 is 23.2 Å². The smallest absolute Gasteiger partial charge is 0.257 e. The van der Waals surface area contributed by atoms with Crippen LogP contribution in [0.15, 0.2) is 42.5 Å². The topological polar surface area (TPSA) is 72.9 Å². The Morgan fingerprint density at radius 3 is 2.80 bits per heavy atom. The monoisotopic (exact) mass is 374 g/mol. The molecule has 0 aliphatic rings. The molecule has 0 atom stereocenters. The summed E-state index contributed by atoms with van der Waals surface area (Å²) in [5, 5.41) is 6.73. The van der Waals surface area contributed by atoms with Gasteiger partial charge in [-0.05, 0) is 42.3 Å². The minimum atomic E-state index is -0.393. The van der Waals surface area contributed by atoms with Crippen LogP contribution in [0.2, 0.25) is 10.0 Å². The molecule has 5 nitrogen and oxygen atoms in total. The number of amides is 1. The van der Waals surface area contributed by atoms with Crippen LogP contribution in [0, 0.1) is 6.92 Å². The fourth-order valence-corrected chi connectivity index (χ4v) is 3.04. The van der Waals surface area contributed by atoms with E-state index in [-0.39, 0.29) is 0 Å². The number of carbonyl (C=O) groups is 1. The first-order valence-corrected chi connectivity index (χ1v) is 8.33. The number of nitrogens with zero attached hydrogens (tertiary/aromatic N) is 2. The number of aryl methyl sites for hydroxylation is 1. The van der Waals surface area contributed by atoms with Crippen molar-refractivity contribution in [3.8, 4) is 0 Å². The van der Waals surface area contributed by atoms with Gasteiger partial charge in [-0.15, -0.1) is 0 Å². The lowest BCUT2D eigenvalue weighted by Crippen LogP contribution is -2.27. The maximum absolute atomic E-state index is 11.4. The average molecular weight is 375 g/mol. The third-order valence-corrected chi connectivity index (χ3v) is 4.39. The van der Waals surface area contributed by atoms with Crippen molar-refractivity contribution in [2.75, 3.05) is 0 Å². The highest BCUT2D eigenvalue weighted by Gasteiger charge is 2.11. The second-order valence-corrected chi connectivity index (χ2v) is 6.48. The van der Waals surface area contributed by atoms with E-state index in [1.54, 1.807) is 18.2 Å². The molecule has 1 amide bonds. The number of nitrogens with two attached hydrogens (primary N) is 1. The number of carbonyl (C=O) groups excluding carboxylic acids is 1. The maximum Gasteiger partial charge on any atom is 0.257 e. The molecule has 25 heavy (non-hydrogen) atoms. The van der Waals surface area contributed by atoms with E-state index in [1.807, 2.05) is 35.9 Å². The summed E-state index contributed by atoms with van der Waals surface area (Å²) in [7, 11) is 0. The molecule has 0 bridgehead atoms. The van der Waals surface area contributed by atoms with Crippen molar-refractivity contribution in [1.29, 1.82) is 0 Å². The van der Waals surface area contributed by atoms with Crippen LogP contribution in [0.5, 0.6) is 0 Å². The first kappa shape index (κ1) is 17.5. The average Bonchev–Trinajstić information content (AvgIpc) is 2.92. The zero-order valence-electron chi connectivity index (χ0n) is 13.5. The normalized spacial score (nSPS) is 11.4. The number of fused-ring (bicyclic) bond motifs is 1. The standard InChI is InChI=1S/C18H16Cl2N4O/c1-11-2-5-14-16(6-7-18(25)22-21)23-24(17(14)8-11)10-12-3-4-13(19)9-15(12)20/h2-9H,10,21H2,1H3,(H,22,25)/b7-6+. The van der Waals surface area contributed by atoms with E-state index in [0.29, 0.717) is 22.3 Å². The molecule has 0 saturated carbocycles. The van der Waals surface area contributed by atoms with Crippen LogP contribution in [-0.2, 0) is 11.3 Å². The number of nitrogens with one attached hydrogen (secondary N) is 1. The van der Waals surface area contributed by atoms with Crippen molar-refractivity contribution in [2.45, 2.75) is 13.5 Å². The Bertz CT molecular complexity index is 979. The Morgan fingerprint density at radius 2 is 2.08 bits per heavy atom. The summed E-state index contributed by atoms with van der Waals surface area (Å²) in [4.78, 5) is 11.4. The second-order valence-electron chi connectivity index (χ2n) is 5.64. The Hall–Kier alpha value is -2.34. The third kappa shape index (κ3) is 3.85. The van der Waals surface area contributed by atoms with Crippen molar-refractivity contribution < 1.29 is 4.79 Å². The maximum atomic E-state index is 11.4.